The van der Waals surface area contributed by atoms with Crippen molar-refractivity contribution in [2.24, 2.45) is 7.05 Å². The molecule has 0 spiro atoms. The van der Waals surface area contributed by atoms with Crippen molar-refractivity contribution < 1.29 is 0 Å². The molecule has 8 heteroatoms. The van der Waals surface area contributed by atoms with Crippen molar-refractivity contribution in [3.8, 4) is 0 Å². The van der Waals surface area contributed by atoms with Crippen LogP contribution in [0.4, 0.5) is 0 Å². The largest absolute Gasteiger partial charge is 0.287 e. The molecule has 0 radical (unpaired) electrons. The van der Waals surface area contributed by atoms with Gasteiger partial charge in [0.25, 0.3) is 5.56 Å². The molecular weight excluding hydrogens is 400 g/mol. The second-order valence-corrected chi connectivity index (χ2v) is 7.22. The first-order valence-corrected chi connectivity index (χ1v) is 9.16. The van der Waals surface area contributed by atoms with Gasteiger partial charge in [-0.15, -0.1) is 0 Å². The van der Waals surface area contributed by atoms with E-state index in [1.165, 1.54) is 11.8 Å². The highest BCUT2D eigenvalue weighted by atomic mass is 79.9. The van der Waals surface area contributed by atoms with Gasteiger partial charge in [0.2, 0.25) is 0 Å². The Kier molecular flexibility index (Phi) is 4.79. The van der Waals surface area contributed by atoms with Crippen molar-refractivity contribution in [3.63, 3.8) is 0 Å². The van der Waals surface area contributed by atoms with Gasteiger partial charge < -0.3 is 0 Å². The molecule has 0 amide bonds. The van der Waals surface area contributed by atoms with Gasteiger partial charge in [-0.05, 0) is 31.2 Å². The Balaban J connectivity index is 1.99. The fraction of sp³-hybridized carbons (Fsp3) is 0.267. The fourth-order valence-electron chi connectivity index (χ4n) is 2.27. The van der Waals surface area contributed by atoms with E-state index in [1.54, 1.807) is 16.3 Å². The first-order valence-electron chi connectivity index (χ1n) is 7.01. The van der Waals surface area contributed by atoms with Gasteiger partial charge >= 0.3 is 0 Å². The first-order chi connectivity index (χ1) is 11.0. The predicted molar refractivity (Wildman–Crippen MR) is 97.2 cm³/mol. The molecule has 120 valence electrons. The summed E-state index contributed by atoms with van der Waals surface area (Å²) in [6.07, 6.45) is 0. The highest BCUT2D eigenvalue weighted by Crippen LogP contribution is 2.24. The van der Waals surface area contributed by atoms with Crippen molar-refractivity contribution >= 4 is 50.2 Å². The molecule has 2 aromatic heterocycles. The number of nitrogens with zero attached hydrogens (tertiary/aromatic N) is 4. The minimum atomic E-state index is -0.0275. The molecule has 3 aromatic rings. The third-order valence-corrected chi connectivity index (χ3v) is 5.28. The van der Waals surface area contributed by atoms with Gasteiger partial charge in [0.05, 0.1) is 16.6 Å². The zero-order chi connectivity index (χ0) is 16.6. The minimum absolute atomic E-state index is 0.0275. The van der Waals surface area contributed by atoms with Gasteiger partial charge in [-0.25, -0.2) is 4.98 Å². The molecule has 0 atom stereocenters. The Morgan fingerprint density at radius 3 is 2.78 bits per heavy atom. The van der Waals surface area contributed by atoms with Gasteiger partial charge in [0, 0.05) is 23.8 Å². The average Bonchev–Trinajstić information content (AvgIpc) is 2.84. The lowest BCUT2D eigenvalue weighted by Crippen LogP contribution is -2.22. The maximum atomic E-state index is 12.7. The summed E-state index contributed by atoms with van der Waals surface area (Å²) in [4.78, 5) is 17.3. The van der Waals surface area contributed by atoms with Crippen molar-refractivity contribution in [1.29, 1.82) is 0 Å². The van der Waals surface area contributed by atoms with E-state index in [0.29, 0.717) is 33.5 Å². The Morgan fingerprint density at radius 2 is 2.13 bits per heavy atom. The molecule has 2 heterocycles. The summed E-state index contributed by atoms with van der Waals surface area (Å²) in [6.45, 7) is 2.51. The second-order valence-electron chi connectivity index (χ2n) is 4.98. The molecule has 0 unspecified atom stereocenters. The molecule has 23 heavy (non-hydrogen) atoms. The van der Waals surface area contributed by atoms with E-state index < -0.39 is 0 Å². The van der Waals surface area contributed by atoms with E-state index in [4.69, 9.17) is 11.6 Å². The molecule has 1 aromatic carbocycles. The topological polar surface area (TPSA) is 52.7 Å². The van der Waals surface area contributed by atoms with Crippen LogP contribution >= 0.6 is 39.3 Å². The number of hydrogen-bond donors (Lipinski definition) is 0. The maximum absolute atomic E-state index is 12.7. The van der Waals surface area contributed by atoms with Gasteiger partial charge in [0.15, 0.2) is 5.16 Å². The maximum Gasteiger partial charge on any atom is 0.262 e. The van der Waals surface area contributed by atoms with Crippen LogP contribution in [0.2, 0.25) is 5.15 Å². The van der Waals surface area contributed by atoms with E-state index in [1.807, 2.05) is 31.2 Å². The molecule has 0 bridgehead atoms. The summed E-state index contributed by atoms with van der Waals surface area (Å²) in [7, 11) is 1.80. The minimum Gasteiger partial charge on any atom is -0.287 e. The van der Waals surface area contributed by atoms with Crippen molar-refractivity contribution in [1.82, 2.24) is 19.3 Å². The van der Waals surface area contributed by atoms with E-state index in [-0.39, 0.29) is 5.56 Å². The van der Waals surface area contributed by atoms with Crippen LogP contribution < -0.4 is 5.56 Å². The summed E-state index contributed by atoms with van der Waals surface area (Å²) in [5.74, 6) is 0.606. The number of hydrogen-bond acceptors (Lipinski definition) is 4. The molecule has 0 aliphatic rings. The summed E-state index contributed by atoms with van der Waals surface area (Å²) >= 11 is 10.9. The molecular formula is C15H14BrClN4OS. The lowest BCUT2D eigenvalue weighted by atomic mass is 10.2. The summed E-state index contributed by atoms with van der Waals surface area (Å²) in [6, 6.07) is 7.37. The van der Waals surface area contributed by atoms with Crippen molar-refractivity contribution in [2.45, 2.75) is 24.4 Å². The van der Waals surface area contributed by atoms with Crippen molar-refractivity contribution in [3.05, 3.63) is 49.9 Å². The summed E-state index contributed by atoms with van der Waals surface area (Å²) < 4.78 is 4.18. The van der Waals surface area contributed by atoms with Gasteiger partial charge in [-0.2, -0.15) is 5.10 Å². The monoisotopic (exact) mass is 412 g/mol. The van der Waals surface area contributed by atoms with E-state index in [2.05, 4.69) is 26.0 Å². The van der Waals surface area contributed by atoms with Crippen LogP contribution in [-0.2, 0) is 19.3 Å². The van der Waals surface area contributed by atoms with E-state index >= 15 is 0 Å². The van der Waals surface area contributed by atoms with Crippen LogP contribution in [0.5, 0.6) is 0 Å². The predicted octanol–water partition coefficient (Wildman–Crippen LogP) is 3.86. The number of rotatable bonds is 4. The van der Waals surface area contributed by atoms with Gasteiger partial charge in [0.1, 0.15) is 5.15 Å². The third-order valence-electron chi connectivity index (χ3n) is 3.42. The summed E-state index contributed by atoms with van der Waals surface area (Å²) in [5, 5.41) is 6.21. The molecule has 0 aliphatic carbocycles. The van der Waals surface area contributed by atoms with Crippen LogP contribution in [0.25, 0.3) is 10.9 Å². The fourth-order valence-corrected chi connectivity index (χ4v) is 3.74. The van der Waals surface area contributed by atoms with Crippen LogP contribution in [-0.4, -0.2) is 19.3 Å². The second kappa shape index (κ2) is 6.67. The van der Waals surface area contributed by atoms with Crippen molar-refractivity contribution in [2.75, 3.05) is 0 Å². The SMILES string of the molecule is CCn1c(SCc2cc(Cl)n(C)n2)nc2ccc(Br)cc2c1=O. The zero-order valence-electron chi connectivity index (χ0n) is 12.6. The Labute approximate surface area is 150 Å². The van der Waals surface area contributed by atoms with Crippen LogP contribution in [0.3, 0.4) is 0 Å². The summed E-state index contributed by atoms with van der Waals surface area (Å²) in [5.41, 5.74) is 1.53. The zero-order valence-corrected chi connectivity index (χ0v) is 15.7. The number of fused-ring (bicyclic) bond motifs is 1. The average molecular weight is 414 g/mol. The van der Waals surface area contributed by atoms with Crippen LogP contribution in [0.15, 0.2) is 38.7 Å². The molecule has 5 nitrogen and oxygen atoms in total. The number of aromatic nitrogens is 4. The number of thioether (sulfide) groups is 1. The quantitative estimate of drug-likeness (QED) is 0.481. The highest BCUT2D eigenvalue weighted by Gasteiger charge is 2.12. The first kappa shape index (κ1) is 16.5. The van der Waals surface area contributed by atoms with E-state index in [0.717, 1.165) is 10.2 Å². The molecule has 0 fully saturated rings. The Morgan fingerprint density at radius 1 is 1.35 bits per heavy atom. The molecule has 0 saturated carbocycles. The smallest absolute Gasteiger partial charge is 0.262 e. The van der Waals surface area contributed by atoms with Gasteiger partial charge in [-0.3, -0.25) is 14.0 Å². The number of aryl methyl sites for hydroxylation is 1. The molecule has 0 N–H and O–H groups in total. The Hall–Kier alpha value is -1.31. The normalized spacial score (nSPS) is 11.3. The molecule has 0 saturated heterocycles. The molecule has 3 rings (SSSR count). The lowest BCUT2D eigenvalue weighted by Gasteiger charge is -2.10. The Bertz CT molecular complexity index is 918. The third kappa shape index (κ3) is 3.32. The lowest BCUT2D eigenvalue weighted by molar-refractivity contribution is 0.634. The van der Waals surface area contributed by atoms with Crippen LogP contribution in [0, 0.1) is 0 Å². The standard InChI is InChI=1S/C15H14BrClN4OS/c1-3-21-14(22)11-6-9(16)4-5-12(11)18-15(21)23-8-10-7-13(17)20(2)19-10/h4-7H,3,8H2,1-2H3. The number of halogens is 2. The van der Waals surface area contributed by atoms with Crippen LogP contribution in [0.1, 0.15) is 12.6 Å². The molecule has 0 aliphatic heterocycles. The highest BCUT2D eigenvalue weighted by molar-refractivity contribution is 9.10. The van der Waals surface area contributed by atoms with Gasteiger partial charge in [-0.1, -0.05) is 39.3 Å². The number of benzene rings is 1. The van der Waals surface area contributed by atoms with E-state index in [9.17, 15) is 4.79 Å².